The summed E-state index contributed by atoms with van der Waals surface area (Å²) in [6, 6.07) is 3.79. The van der Waals surface area contributed by atoms with Gasteiger partial charge in [0.25, 0.3) is 0 Å². The molecule has 86 valence electrons. The molecule has 0 heterocycles. The minimum Gasteiger partial charge on any atom is -0.480 e. The van der Waals surface area contributed by atoms with Crippen molar-refractivity contribution in [2.75, 3.05) is 5.32 Å². The highest BCUT2D eigenvalue weighted by atomic mass is 16.4. The molecule has 5 nitrogen and oxygen atoms in total. The van der Waals surface area contributed by atoms with Gasteiger partial charge in [-0.2, -0.15) is 0 Å². The summed E-state index contributed by atoms with van der Waals surface area (Å²) in [6.45, 7) is 3.28. The molecule has 0 aliphatic heterocycles. The lowest BCUT2D eigenvalue weighted by Crippen LogP contribution is -2.25. The van der Waals surface area contributed by atoms with E-state index in [1.165, 1.54) is 19.1 Å². The van der Waals surface area contributed by atoms with Gasteiger partial charge in [-0.25, -0.2) is 4.79 Å². The van der Waals surface area contributed by atoms with Gasteiger partial charge >= 0.3 is 11.9 Å². The predicted molar refractivity (Wildman–Crippen MR) is 58.9 cm³/mol. The van der Waals surface area contributed by atoms with Crippen molar-refractivity contribution >= 4 is 17.6 Å². The van der Waals surface area contributed by atoms with E-state index in [4.69, 9.17) is 10.2 Å². The number of aromatic carboxylic acids is 1. The van der Waals surface area contributed by atoms with Crippen molar-refractivity contribution in [1.29, 1.82) is 0 Å². The standard InChI is InChI=1S/C11H13NO4/c1-6-3-4-8(11(15)16)5-9(6)12-7(2)10(13)14/h3-5,7,12H,1-2H3,(H,13,14)(H,15,16). The van der Waals surface area contributed by atoms with Crippen molar-refractivity contribution in [2.24, 2.45) is 0 Å². The SMILES string of the molecule is Cc1ccc(C(=O)O)cc1NC(C)C(=O)O. The number of anilines is 1. The van der Waals surface area contributed by atoms with E-state index in [9.17, 15) is 9.59 Å². The topological polar surface area (TPSA) is 86.6 Å². The molecule has 0 saturated carbocycles. The van der Waals surface area contributed by atoms with Crippen LogP contribution < -0.4 is 5.32 Å². The van der Waals surface area contributed by atoms with E-state index in [1.807, 2.05) is 0 Å². The first-order valence-electron chi connectivity index (χ1n) is 4.75. The second kappa shape index (κ2) is 4.65. The highest BCUT2D eigenvalue weighted by Crippen LogP contribution is 2.17. The number of carboxylic acid groups (broad SMARTS) is 2. The van der Waals surface area contributed by atoms with Gasteiger partial charge in [0.15, 0.2) is 0 Å². The van der Waals surface area contributed by atoms with Gasteiger partial charge in [0.2, 0.25) is 0 Å². The molecule has 0 aromatic heterocycles. The number of nitrogens with one attached hydrogen (secondary N) is 1. The van der Waals surface area contributed by atoms with Crippen LogP contribution in [0.3, 0.4) is 0 Å². The van der Waals surface area contributed by atoms with E-state index < -0.39 is 18.0 Å². The van der Waals surface area contributed by atoms with Crippen LogP contribution in [0.5, 0.6) is 0 Å². The molecule has 0 bridgehead atoms. The van der Waals surface area contributed by atoms with Gasteiger partial charge in [-0.1, -0.05) is 6.07 Å². The van der Waals surface area contributed by atoms with Crippen LogP contribution in [0.2, 0.25) is 0 Å². The smallest absolute Gasteiger partial charge is 0.335 e. The summed E-state index contributed by atoms with van der Waals surface area (Å²) in [5, 5.41) is 20.3. The number of hydrogen-bond donors (Lipinski definition) is 3. The highest BCUT2D eigenvalue weighted by Gasteiger charge is 2.12. The van der Waals surface area contributed by atoms with E-state index in [1.54, 1.807) is 13.0 Å². The molecule has 0 aliphatic carbocycles. The summed E-state index contributed by atoms with van der Waals surface area (Å²) in [5.74, 6) is -2.02. The quantitative estimate of drug-likeness (QED) is 0.721. The monoisotopic (exact) mass is 223 g/mol. The number of hydrogen-bond acceptors (Lipinski definition) is 3. The van der Waals surface area contributed by atoms with E-state index in [0.29, 0.717) is 5.69 Å². The van der Waals surface area contributed by atoms with Crippen molar-refractivity contribution < 1.29 is 19.8 Å². The average molecular weight is 223 g/mol. The van der Waals surface area contributed by atoms with E-state index >= 15 is 0 Å². The molecule has 16 heavy (non-hydrogen) atoms. The molecule has 1 aromatic carbocycles. The van der Waals surface area contributed by atoms with Crippen LogP contribution in [0.25, 0.3) is 0 Å². The third-order valence-electron chi connectivity index (χ3n) is 2.23. The van der Waals surface area contributed by atoms with Crippen molar-refractivity contribution in [3.8, 4) is 0 Å². The minimum absolute atomic E-state index is 0.130. The Kier molecular flexibility index (Phi) is 3.50. The number of carboxylic acids is 2. The number of carbonyl (C=O) groups is 2. The molecule has 3 N–H and O–H groups in total. The summed E-state index contributed by atoms with van der Waals surface area (Å²) in [4.78, 5) is 21.4. The molecule has 0 fully saturated rings. The summed E-state index contributed by atoms with van der Waals surface area (Å²) < 4.78 is 0. The Bertz CT molecular complexity index is 428. The van der Waals surface area contributed by atoms with Crippen molar-refractivity contribution in [1.82, 2.24) is 0 Å². The van der Waals surface area contributed by atoms with Crippen LogP contribution >= 0.6 is 0 Å². The largest absolute Gasteiger partial charge is 0.480 e. The Morgan fingerprint density at radius 2 is 1.94 bits per heavy atom. The Balaban J connectivity index is 2.98. The molecule has 1 atom stereocenters. The van der Waals surface area contributed by atoms with Crippen molar-refractivity contribution in [2.45, 2.75) is 19.9 Å². The molecule has 0 spiro atoms. The molecule has 1 unspecified atom stereocenters. The summed E-state index contributed by atoms with van der Waals surface area (Å²) in [7, 11) is 0. The zero-order chi connectivity index (χ0) is 12.3. The lowest BCUT2D eigenvalue weighted by Gasteiger charge is -2.13. The maximum Gasteiger partial charge on any atom is 0.335 e. The molecule has 1 aromatic rings. The Hall–Kier alpha value is -2.04. The van der Waals surface area contributed by atoms with Gasteiger partial charge in [0, 0.05) is 5.69 Å². The first-order valence-corrected chi connectivity index (χ1v) is 4.75. The minimum atomic E-state index is -1.04. The second-order valence-corrected chi connectivity index (χ2v) is 3.54. The van der Waals surface area contributed by atoms with Crippen molar-refractivity contribution in [3.63, 3.8) is 0 Å². The van der Waals surface area contributed by atoms with Crippen LogP contribution in [-0.4, -0.2) is 28.2 Å². The number of aliphatic carboxylic acids is 1. The van der Waals surface area contributed by atoms with Gasteiger partial charge in [-0.3, -0.25) is 4.79 Å². The van der Waals surface area contributed by atoms with Gasteiger partial charge in [-0.05, 0) is 31.5 Å². The molecule has 5 heteroatoms. The van der Waals surface area contributed by atoms with Crippen LogP contribution in [0, 0.1) is 6.92 Å². The summed E-state index contributed by atoms with van der Waals surface area (Å²) in [6.07, 6.45) is 0. The fourth-order valence-electron chi connectivity index (χ4n) is 1.21. The first-order chi connectivity index (χ1) is 7.41. The zero-order valence-corrected chi connectivity index (χ0v) is 9.02. The van der Waals surface area contributed by atoms with Crippen LogP contribution in [0.15, 0.2) is 18.2 Å². The third-order valence-corrected chi connectivity index (χ3v) is 2.23. The molecule has 1 rings (SSSR count). The third kappa shape index (κ3) is 2.73. The number of rotatable bonds is 4. The van der Waals surface area contributed by atoms with Crippen LogP contribution in [-0.2, 0) is 4.79 Å². The zero-order valence-electron chi connectivity index (χ0n) is 9.02. The van der Waals surface area contributed by atoms with Crippen molar-refractivity contribution in [3.05, 3.63) is 29.3 Å². The van der Waals surface area contributed by atoms with Crippen LogP contribution in [0.4, 0.5) is 5.69 Å². The van der Waals surface area contributed by atoms with Gasteiger partial charge in [0.05, 0.1) is 5.56 Å². The average Bonchev–Trinajstić information content (AvgIpc) is 2.20. The van der Waals surface area contributed by atoms with E-state index in [-0.39, 0.29) is 5.56 Å². The van der Waals surface area contributed by atoms with Gasteiger partial charge in [0.1, 0.15) is 6.04 Å². The number of benzene rings is 1. The number of aryl methyl sites for hydroxylation is 1. The second-order valence-electron chi connectivity index (χ2n) is 3.54. The van der Waals surface area contributed by atoms with Gasteiger partial charge in [-0.15, -0.1) is 0 Å². The summed E-state index contributed by atoms with van der Waals surface area (Å²) in [5.41, 5.74) is 1.46. The lowest BCUT2D eigenvalue weighted by molar-refractivity contribution is -0.137. The first kappa shape index (κ1) is 12.0. The van der Waals surface area contributed by atoms with E-state index in [0.717, 1.165) is 5.56 Å². The van der Waals surface area contributed by atoms with Crippen LogP contribution in [0.1, 0.15) is 22.8 Å². The Morgan fingerprint density at radius 3 is 2.44 bits per heavy atom. The molecule has 0 aliphatic rings. The fourth-order valence-corrected chi connectivity index (χ4v) is 1.21. The summed E-state index contributed by atoms with van der Waals surface area (Å²) >= 11 is 0. The molecule has 0 amide bonds. The maximum atomic E-state index is 10.7. The Labute approximate surface area is 92.7 Å². The van der Waals surface area contributed by atoms with Gasteiger partial charge < -0.3 is 15.5 Å². The highest BCUT2D eigenvalue weighted by molar-refractivity contribution is 5.89. The van der Waals surface area contributed by atoms with E-state index in [2.05, 4.69) is 5.32 Å². The predicted octanol–water partition coefficient (Wildman–Crippen LogP) is 1.58. The molecular weight excluding hydrogens is 210 g/mol. The Morgan fingerprint density at radius 1 is 1.31 bits per heavy atom. The molecular formula is C11H13NO4. The lowest BCUT2D eigenvalue weighted by atomic mass is 10.1. The molecule has 0 saturated heterocycles. The fraction of sp³-hybridized carbons (Fsp3) is 0.273. The molecule has 0 radical (unpaired) electrons. The maximum absolute atomic E-state index is 10.7. The normalized spacial score (nSPS) is 11.9.